The third-order valence-electron chi connectivity index (χ3n) is 3.71. The summed E-state index contributed by atoms with van der Waals surface area (Å²) in [7, 11) is 0. The molecule has 1 aromatic heterocycles. The number of pyridine rings is 1. The van der Waals surface area contributed by atoms with Crippen molar-refractivity contribution in [1.82, 2.24) is 4.98 Å². The molecule has 1 atom stereocenters. The molecule has 1 aromatic rings. The minimum Gasteiger partial charge on any atom is -0.388 e. The summed E-state index contributed by atoms with van der Waals surface area (Å²) in [6.07, 6.45) is 10.1. The van der Waals surface area contributed by atoms with Crippen LogP contribution < -0.4 is 0 Å². The molecule has 0 saturated heterocycles. The highest BCUT2D eigenvalue weighted by Crippen LogP contribution is 2.30. The normalized spacial score (nSPS) is 19.2. The molecule has 2 rings (SSSR count). The molecule has 1 N–H and O–H groups in total. The summed E-state index contributed by atoms with van der Waals surface area (Å²) in [5.74, 6) is 0.818. The summed E-state index contributed by atoms with van der Waals surface area (Å²) in [5.41, 5.74) is 0.880. The lowest BCUT2D eigenvalue weighted by molar-refractivity contribution is 0.151. The van der Waals surface area contributed by atoms with E-state index in [9.17, 15) is 5.11 Å². The lowest BCUT2D eigenvalue weighted by Crippen LogP contribution is -2.08. The molecule has 0 radical (unpaired) electrons. The first-order valence-corrected chi connectivity index (χ1v) is 6.93. The molecule has 1 saturated carbocycles. The van der Waals surface area contributed by atoms with E-state index >= 15 is 0 Å². The van der Waals surface area contributed by atoms with Crippen molar-refractivity contribution in [2.75, 3.05) is 0 Å². The zero-order valence-corrected chi connectivity index (χ0v) is 10.9. The summed E-state index contributed by atoms with van der Waals surface area (Å²) in [6.45, 7) is 0. The molecule has 1 aliphatic rings. The van der Waals surface area contributed by atoms with Crippen molar-refractivity contribution in [3.63, 3.8) is 0 Å². The number of hydrogen-bond acceptors (Lipinski definition) is 2. The standard InChI is InChI=1S/C14H20ClNO/c15-14-9-7-12(10-16-14)13(17)8-6-11-4-2-1-3-5-11/h7,9-11,13,17H,1-6,8H2. The molecule has 1 heterocycles. The summed E-state index contributed by atoms with van der Waals surface area (Å²) >= 11 is 5.72. The van der Waals surface area contributed by atoms with Gasteiger partial charge in [0.25, 0.3) is 0 Å². The molecule has 3 heteroatoms. The van der Waals surface area contributed by atoms with Gasteiger partial charge in [0.1, 0.15) is 5.15 Å². The molecule has 0 amide bonds. The smallest absolute Gasteiger partial charge is 0.129 e. The van der Waals surface area contributed by atoms with Crippen molar-refractivity contribution in [3.05, 3.63) is 29.0 Å². The lowest BCUT2D eigenvalue weighted by atomic mass is 9.85. The highest BCUT2D eigenvalue weighted by molar-refractivity contribution is 6.29. The van der Waals surface area contributed by atoms with Crippen LogP contribution in [0.15, 0.2) is 18.3 Å². The highest BCUT2D eigenvalue weighted by atomic mass is 35.5. The molecule has 1 aliphatic carbocycles. The van der Waals surface area contributed by atoms with Gasteiger partial charge in [-0.2, -0.15) is 0 Å². The summed E-state index contributed by atoms with van der Waals surface area (Å²) in [6, 6.07) is 3.60. The van der Waals surface area contributed by atoms with E-state index in [0.29, 0.717) is 5.15 Å². The van der Waals surface area contributed by atoms with Crippen molar-refractivity contribution in [2.24, 2.45) is 5.92 Å². The first-order valence-electron chi connectivity index (χ1n) is 6.55. The number of aliphatic hydroxyl groups is 1. The van der Waals surface area contributed by atoms with E-state index in [4.69, 9.17) is 11.6 Å². The minimum atomic E-state index is -0.387. The van der Waals surface area contributed by atoms with Gasteiger partial charge in [-0.25, -0.2) is 4.98 Å². The summed E-state index contributed by atoms with van der Waals surface area (Å²) in [5, 5.41) is 10.5. The minimum absolute atomic E-state index is 0.387. The third-order valence-corrected chi connectivity index (χ3v) is 3.93. The molecular weight excluding hydrogens is 234 g/mol. The van der Waals surface area contributed by atoms with E-state index < -0.39 is 0 Å². The Morgan fingerprint density at radius 1 is 1.29 bits per heavy atom. The van der Waals surface area contributed by atoms with Gasteiger partial charge in [0.15, 0.2) is 0 Å². The van der Waals surface area contributed by atoms with Gasteiger partial charge < -0.3 is 5.11 Å². The SMILES string of the molecule is OC(CCC1CCCCC1)c1ccc(Cl)nc1. The Hall–Kier alpha value is -0.600. The van der Waals surface area contributed by atoms with Crippen molar-refractivity contribution >= 4 is 11.6 Å². The number of hydrogen-bond donors (Lipinski definition) is 1. The van der Waals surface area contributed by atoms with Crippen LogP contribution in [0.1, 0.15) is 56.6 Å². The Bertz CT molecular complexity index is 333. The quantitative estimate of drug-likeness (QED) is 0.819. The second kappa shape index (κ2) is 6.36. The predicted octanol–water partition coefficient (Wildman–Crippen LogP) is 4.13. The van der Waals surface area contributed by atoms with Gasteiger partial charge in [-0.3, -0.25) is 0 Å². The second-order valence-electron chi connectivity index (χ2n) is 5.01. The van der Waals surface area contributed by atoms with E-state index in [0.717, 1.165) is 24.3 Å². The molecular formula is C14H20ClNO. The fourth-order valence-electron chi connectivity index (χ4n) is 2.62. The molecule has 1 unspecified atom stereocenters. The largest absolute Gasteiger partial charge is 0.388 e. The van der Waals surface area contributed by atoms with Crippen LogP contribution >= 0.6 is 11.6 Å². The zero-order chi connectivity index (χ0) is 12.1. The average Bonchev–Trinajstić information content (AvgIpc) is 2.38. The number of rotatable bonds is 4. The molecule has 94 valence electrons. The Balaban J connectivity index is 1.80. The molecule has 1 fully saturated rings. The number of aliphatic hydroxyl groups excluding tert-OH is 1. The fourth-order valence-corrected chi connectivity index (χ4v) is 2.73. The second-order valence-corrected chi connectivity index (χ2v) is 5.40. The molecule has 0 aliphatic heterocycles. The van der Waals surface area contributed by atoms with Gasteiger partial charge in [0.05, 0.1) is 6.10 Å². The van der Waals surface area contributed by atoms with Crippen molar-refractivity contribution in [3.8, 4) is 0 Å². The van der Waals surface area contributed by atoms with Gasteiger partial charge in [-0.15, -0.1) is 0 Å². The van der Waals surface area contributed by atoms with Gasteiger partial charge >= 0.3 is 0 Å². The highest BCUT2D eigenvalue weighted by Gasteiger charge is 2.16. The van der Waals surface area contributed by atoms with Crippen LogP contribution in [0.3, 0.4) is 0 Å². The monoisotopic (exact) mass is 253 g/mol. The Kier molecular flexibility index (Phi) is 4.81. The van der Waals surface area contributed by atoms with Crippen LogP contribution in [-0.4, -0.2) is 10.1 Å². The predicted molar refractivity (Wildman–Crippen MR) is 70.0 cm³/mol. The van der Waals surface area contributed by atoms with E-state index in [1.807, 2.05) is 6.07 Å². The van der Waals surface area contributed by atoms with Crippen LogP contribution in [0, 0.1) is 5.92 Å². The van der Waals surface area contributed by atoms with Gasteiger partial charge in [-0.05, 0) is 30.4 Å². The maximum atomic E-state index is 10.1. The fraction of sp³-hybridized carbons (Fsp3) is 0.643. The van der Waals surface area contributed by atoms with Crippen LogP contribution in [0.2, 0.25) is 5.15 Å². The van der Waals surface area contributed by atoms with E-state index in [1.54, 1.807) is 12.3 Å². The Labute approximate surface area is 108 Å². The van der Waals surface area contributed by atoms with Crippen LogP contribution in [-0.2, 0) is 0 Å². The third kappa shape index (κ3) is 3.97. The Morgan fingerprint density at radius 3 is 2.71 bits per heavy atom. The van der Waals surface area contributed by atoms with Gasteiger partial charge in [-0.1, -0.05) is 49.8 Å². The van der Waals surface area contributed by atoms with Crippen molar-refractivity contribution in [1.29, 1.82) is 0 Å². The molecule has 0 bridgehead atoms. The van der Waals surface area contributed by atoms with Crippen molar-refractivity contribution in [2.45, 2.75) is 51.0 Å². The summed E-state index contributed by atoms with van der Waals surface area (Å²) < 4.78 is 0. The number of nitrogens with zero attached hydrogens (tertiary/aromatic N) is 1. The summed E-state index contributed by atoms with van der Waals surface area (Å²) in [4.78, 5) is 4.00. The molecule has 2 nitrogen and oxygen atoms in total. The van der Waals surface area contributed by atoms with Gasteiger partial charge in [0, 0.05) is 6.20 Å². The van der Waals surface area contributed by atoms with E-state index in [2.05, 4.69) is 4.98 Å². The number of halogens is 1. The average molecular weight is 254 g/mol. The van der Waals surface area contributed by atoms with E-state index in [-0.39, 0.29) is 6.10 Å². The van der Waals surface area contributed by atoms with Gasteiger partial charge in [0.2, 0.25) is 0 Å². The topological polar surface area (TPSA) is 33.1 Å². The maximum absolute atomic E-state index is 10.1. The first kappa shape index (κ1) is 12.8. The molecule has 0 spiro atoms. The van der Waals surface area contributed by atoms with Crippen LogP contribution in [0.25, 0.3) is 0 Å². The lowest BCUT2D eigenvalue weighted by Gasteiger charge is -2.22. The molecule has 17 heavy (non-hydrogen) atoms. The first-order chi connectivity index (χ1) is 8.25. The maximum Gasteiger partial charge on any atom is 0.129 e. The van der Waals surface area contributed by atoms with Crippen LogP contribution in [0.4, 0.5) is 0 Å². The van der Waals surface area contributed by atoms with E-state index in [1.165, 1.54) is 32.1 Å². The number of aromatic nitrogens is 1. The zero-order valence-electron chi connectivity index (χ0n) is 10.1. The molecule has 0 aromatic carbocycles. The Morgan fingerprint density at radius 2 is 2.06 bits per heavy atom. The van der Waals surface area contributed by atoms with Crippen LogP contribution in [0.5, 0.6) is 0 Å². The van der Waals surface area contributed by atoms with Crippen molar-refractivity contribution < 1.29 is 5.11 Å².